The Labute approximate surface area is 102 Å². The summed E-state index contributed by atoms with van der Waals surface area (Å²) in [6.45, 7) is 10.9. The molecule has 1 nitrogen and oxygen atoms in total. The van der Waals surface area contributed by atoms with E-state index in [9.17, 15) is 0 Å². The predicted octanol–water partition coefficient (Wildman–Crippen LogP) is 4.08. The zero-order valence-electron chi connectivity index (χ0n) is 12.0. The van der Waals surface area contributed by atoms with Gasteiger partial charge in [-0.25, -0.2) is 0 Å². The van der Waals surface area contributed by atoms with Crippen LogP contribution < -0.4 is 5.32 Å². The average molecular weight is 225 g/mol. The van der Waals surface area contributed by atoms with Gasteiger partial charge in [0.15, 0.2) is 0 Å². The van der Waals surface area contributed by atoms with E-state index in [4.69, 9.17) is 0 Å². The second kappa shape index (κ2) is 6.05. The van der Waals surface area contributed by atoms with Gasteiger partial charge in [-0.2, -0.15) is 0 Å². The van der Waals surface area contributed by atoms with Gasteiger partial charge in [-0.1, -0.05) is 40.5 Å². The van der Waals surface area contributed by atoms with Crippen LogP contribution in [0.25, 0.3) is 0 Å². The van der Waals surface area contributed by atoms with E-state index in [0.29, 0.717) is 5.41 Å². The van der Waals surface area contributed by atoms with Crippen LogP contribution in [0.2, 0.25) is 0 Å². The Hall–Kier alpha value is -0.0400. The van der Waals surface area contributed by atoms with Gasteiger partial charge >= 0.3 is 0 Å². The summed E-state index contributed by atoms with van der Waals surface area (Å²) in [5.41, 5.74) is 0.580. The van der Waals surface area contributed by atoms with Crippen molar-refractivity contribution in [3.05, 3.63) is 0 Å². The van der Waals surface area contributed by atoms with Gasteiger partial charge in [0.2, 0.25) is 0 Å². The van der Waals surface area contributed by atoms with Crippen LogP contribution in [-0.4, -0.2) is 13.6 Å². The minimum atomic E-state index is 0.580. The van der Waals surface area contributed by atoms with Crippen LogP contribution in [0.3, 0.4) is 0 Å². The summed E-state index contributed by atoms with van der Waals surface area (Å²) in [7, 11) is 2.10. The highest BCUT2D eigenvalue weighted by molar-refractivity contribution is 4.87. The summed E-state index contributed by atoms with van der Waals surface area (Å²) in [5, 5.41) is 3.39. The van der Waals surface area contributed by atoms with Crippen molar-refractivity contribution in [3.63, 3.8) is 0 Å². The lowest BCUT2D eigenvalue weighted by Crippen LogP contribution is -2.38. The van der Waals surface area contributed by atoms with Crippen molar-refractivity contribution < 1.29 is 0 Å². The molecule has 0 saturated heterocycles. The van der Waals surface area contributed by atoms with Gasteiger partial charge in [0.1, 0.15) is 0 Å². The Morgan fingerprint density at radius 1 is 1.38 bits per heavy atom. The average Bonchev–Trinajstić information content (AvgIpc) is 2.21. The Morgan fingerprint density at radius 3 is 2.62 bits per heavy atom. The predicted molar refractivity (Wildman–Crippen MR) is 72.6 cm³/mol. The van der Waals surface area contributed by atoms with E-state index in [2.05, 4.69) is 40.1 Å². The van der Waals surface area contributed by atoms with Gasteiger partial charge in [0, 0.05) is 0 Å². The molecular formula is C15H31N. The topological polar surface area (TPSA) is 12.0 Å². The Bertz CT molecular complexity index is 198. The fraction of sp³-hybridized carbons (Fsp3) is 1.00. The first-order valence-electron chi connectivity index (χ1n) is 7.14. The first kappa shape index (κ1) is 14.0. The zero-order chi connectivity index (χ0) is 12.2. The molecular weight excluding hydrogens is 194 g/mol. The lowest BCUT2D eigenvalue weighted by atomic mass is 9.63. The molecule has 0 bridgehead atoms. The molecule has 1 fully saturated rings. The SMILES string of the molecule is CCCC(C)C1CC(C)(C)CCC1CNC. The normalized spacial score (nSPS) is 31.3. The summed E-state index contributed by atoms with van der Waals surface area (Å²) < 4.78 is 0. The van der Waals surface area contributed by atoms with Crippen molar-refractivity contribution in [2.45, 2.75) is 59.8 Å². The molecule has 3 atom stereocenters. The van der Waals surface area contributed by atoms with Gasteiger partial charge in [-0.3, -0.25) is 0 Å². The first-order chi connectivity index (χ1) is 7.50. The molecule has 1 heteroatoms. The Morgan fingerprint density at radius 2 is 2.06 bits per heavy atom. The van der Waals surface area contributed by atoms with E-state index in [1.165, 1.54) is 38.6 Å². The fourth-order valence-electron chi connectivity index (χ4n) is 3.55. The van der Waals surface area contributed by atoms with Crippen LogP contribution in [0.4, 0.5) is 0 Å². The highest BCUT2D eigenvalue weighted by Gasteiger charge is 2.36. The van der Waals surface area contributed by atoms with Gasteiger partial charge in [0.25, 0.3) is 0 Å². The molecule has 0 aliphatic heterocycles. The van der Waals surface area contributed by atoms with Crippen molar-refractivity contribution in [2.75, 3.05) is 13.6 Å². The molecule has 0 amide bonds. The van der Waals surface area contributed by atoms with E-state index in [1.54, 1.807) is 0 Å². The van der Waals surface area contributed by atoms with Gasteiger partial charge < -0.3 is 5.32 Å². The summed E-state index contributed by atoms with van der Waals surface area (Å²) in [4.78, 5) is 0. The van der Waals surface area contributed by atoms with Crippen molar-refractivity contribution in [3.8, 4) is 0 Å². The summed E-state index contributed by atoms with van der Waals surface area (Å²) in [6.07, 6.45) is 7.01. The number of hydrogen-bond acceptors (Lipinski definition) is 1. The van der Waals surface area contributed by atoms with Crippen molar-refractivity contribution in [1.29, 1.82) is 0 Å². The van der Waals surface area contributed by atoms with Crippen LogP contribution in [0.5, 0.6) is 0 Å². The molecule has 0 aromatic rings. The molecule has 1 aliphatic carbocycles. The molecule has 3 unspecified atom stereocenters. The number of hydrogen-bond donors (Lipinski definition) is 1. The molecule has 0 aromatic heterocycles. The van der Waals surface area contributed by atoms with E-state index in [1.807, 2.05) is 0 Å². The molecule has 1 rings (SSSR count). The van der Waals surface area contributed by atoms with Gasteiger partial charge in [-0.15, -0.1) is 0 Å². The zero-order valence-corrected chi connectivity index (χ0v) is 12.0. The molecule has 0 aromatic carbocycles. The lowest BCUT2D eigenvalue weighted by Gasteiger charge is -2.43. The number of rotatable bonds is 5. The highest BCUT2D eigenvalue weighted by Crippen LogP contribution is 2.45. The lowest BCUT2D eigenvalue weighted by molar-refractivity contribution is 0.0764. The highest BCUT2D eigenvalue weighted by atomic mass is 14.8. The second-order valence-electron chi connectivity index (χ2n) is 6.65. The summed E-state index contributed by atoms with van der Waals surface area (Å²) >= 11 is 0. The molecule has 1 saturated carbocycles. The van der Waals surface area contributed by atoms with Crippen molar-refractivity contribution in [2.24, 2.45) is 23.2 Å². The van der Waals surface area contributed by atoms with Crippen LogP contribution in [0, 0.1) is 23.2 Å². The molecule has 0 heterocycles. The minimum absolute atomic E-state index is 0.580. The molecule has 16 heavy (non-hydrogen) atoms. The largest absolute Gasteiger partial charge is 0.319 e. The molecule has 1 N–H and O–H groups in total. The van der Waals surface area contributed by atoms with Gasteiger partial charge in [0.05, 0.1) is 0 Å². The third kappa shape index (κ3) is 3.76. The summed E-state index contributed by atoms with van der Waals surface area (Å²) in [5.74, 6) is 2.76. The monoisotopic (exact) mass is 225 g/mol. The van der Waals surface area contributed by atoms with Crippen LogP contribution in [-0.2, 0) is 0 Å². The standard InChI is InChI=1S/C15H31N/c1-6-7-12(2)14-10-15(3,4)9-8-13(14)11-16-5/h12-14,16H,6-11H2,1-5H3. The van der Waals surface area contributed by atoms with Gasteiger partial charge in [-0.05, 0) is 56.0 Å². The Kier molecular flexibility index (Phi) is 5.30. The maximum atomic E-state index is 3.39. The van der Waals surface area contributed by atoms with Crippen LogP contribution >= 0.6 is 0 Å². The van der Waals surface area contributed by atoms with Crippen LogP contribution in [0.15, 0.2) is 0 Å². The molecule has 1 aliphatic rings. The van der Waals surface area contributed by atoms with E-state index < -0.39 is 0 Å². The first-order valence-corrected chi connectivity index (χ1v) is 7.14. The van der Waals surface area contributed by atoms with Crippen molar-refractivity contribution in [1.82, 2.24) is 5.32 Å². The fourth-order valence-corrected chi connectivity index (χ4v) is 3.55. The Balaban J connectivity index is 2.63. The molecule has 0 radical (unpaired) electrons. The molecule has 96 valence electrons. The minimum Gasteiger partial charge on any atom is -0.319 e. The van der Waals surface area contributed by atoms with Crippen LogP contribution in [0.1, 0.15) is 59.8 Å². The summed E-state index contributed by atoms with van der Waals surface area (Å²) in [6, 6.07) is 0. The maximum Gasteiger partial charge on any atom is -0.00208 e. The van der Waals surface area contributed by atoms with E-state index in [0.717, 1.165) is 17.8 Å². The van der Waals surface area contributed by atoms with E-state index >= 15 is 0 Å². The third-order valence-electron chi connectivity index (χ3n) is 4.53. The number of nitrogens with one attached hydrogen (secondary N) is 1. The quantitative estimate of drug-likeness (QED) is 0.743. The van der Waals surface area contributed by atoms with Crippen molar-refractivity contribution >= 4 is 0 Å². The third-order valence-corrected chi connectivity index (χ3v) is 4.53. The smallest absolute Gasteiger partial charge is 0.00208 e. The molecule has 0 spiro atoms. The maximum absolute atomic E-state index is 3.39. The second-order valence-corrected chi connectivity index (χ2v) is 6.65. The van der Waals surface area contributed by atoms with E-state index in [-0.39, 0.29) is 0 Å².